The fourth-order valence-electron chi connectivity index (χ4n) is 2.03. The van der Waals surface area contributed by atoms with Crippen molar-refractivity contribution < 1.29 is 9.53 Å². The van der Waals surface area contributed by atoms with Crippen LogP contribution in [0.1, 0.15) is 5.56 Å². The maximum absolute atomic E-state index is 11.6. The summed E-state index contributed by atoms with van der Waals surface area (Å²) in [6.07, 6.45) is 0. The molecule has 0 atom stereocenters. The zero-order valence-electron chi connectivity index (χ0n) is 14.0. The highest BCUT2D eigenvalue weighted by molar-refractivity contribution is 5.88. The minimum atomic E-state index is -0.195. The van der Waals surface area contributed by atoms with Crippen molar-refractivity contribution in [2.75, 3.05) is 19.4 Å². The Morgan fingerprint density at radius 3 is 2.52 bits per heavy atom. The highest BCUT2D eigenvalue weighted by atomic mass is 16.5. The topological polar surface area (TPSA) is 85.2 Å². The molecular weight excluding hydrogens is 320 g/mol. The van der Waals surface area contributed by atoms with Crippen LogP contribution in [0.4, 0.5) is 10.5 Å². The number of carbonyl (C=O) groups excluding carboxylic acids is 1. The Morgan fingerprint density at radius 2 is 1.84 bits per heavy atom. The number of nitrogens with one attached hydrogen (secondary N) is 1. The third-order valence-corrected chi connectivity index (χ3v) is 3.32. The number of amides is 2. The molecule has 1 N–H and O–H groups in total. The Kier molecular flexibility index (Phi) is 4.89. The van der Waals surface area contributed by atoms with Crippen LogP contribution in [0.3, 0.4) is 0 Å². The molecule has 3 rings (SSSR count). The fraction of sp³-hybridized carbons (Fsp3) is 0.176. The number of hydrogen-bond acceptors (Lipinski definition) is 5. The van der Waals surface area contributed by atoms with Gasteiger partial charge in [-0.25, -0.2) is 4.79 Å². The van der Waals surface area contributed by atoms with E-state index in [0.29, 0.717) is 18.0 Å². The average molecular weight is 338 g/mol. The van der Waals surface area contributed by atoms with Crippen LogP contribution in [0.5, 0.6) is 11.8 Å². The average Bonchev–Trinajstić information content (AvgIpc) is 3.04. The van der Waals surface area contributed by atoms with Crippen molar-refractivity contribution in [3.8, 4) is 11.8 Å². The molecule has 3 aromatic rings. The van der Waals surface area contributed by atoms with Crippen LogP contribution in [0, 0.1) is 0 Å². The number of anilines is 1. The van der Waals surface area contributed by atoms with Crippen LogP contribution in [0.2, 0.25) is 0 Å². The molecule has 0 aliphatic rings. The van der Waals surface area contributed by atoms with E-state index in [4.69, 9.17) is 4.74 Å². The normalized spacial score (nSPS) is 10.3. The summed E-state index contributed by atoms with van der Waals surface area (Å²) in [6.45, 7) is 0.521. The standard InChI is InChI=1S/C17H18N6O2/c1-22(2)17(24)18-14-8-10-15(11-9-14)25-16-19-21-23(20-16)12-13-6-4-3-5-7-13/h3-11H,12H2,1-2H3,(H,18,24). The van der Waals surface area contributed by atoms with E-state index in [1.165, 1.54) is 9.70 Å². The van der Waals surface area contributed by atoms with Gasteiger partial charge in [0.2, 0.25) is 0 Å². The monoisotopic (exact) mass is 338 g/mol. The summed E-state index contributed by atoms with van der Waals surface area (Å²) >= 11 is 0. The smallest absolute Gasteiger partial charge is 0.361 e. The first kappa shape index (κ1) is 16.4. The number of ether oxygens (including phenoxy) is 1. The lowest BCUT2D eigenvalue weighted by Gasteiger charge is -2.12. The summed E-state index contributed by atoms with van der Waals surface area (Å²) in [4.78, 5) is 14.5. The molecule has 0 fully saturated rings. The largest absolute Gasteiger partial charge is 0.422 e. The maximum Gasteiger partial charge on any atom is 0.361 e. The SMILES string of the molecule is CN(C)C(=O)Nc1ccc(Oc2nnn(Cc3ccccc3)n2)cc1. The summed E-state index contributed by atoms with van der Waals surface area (Å²) in [5, 5.41) is 14.8. The van der Waals surface area contributed by atoms with E-state index in [2.05, 4.69) is 20.7 Å². The number of nitrogens with zero attached hydrogens (tertiary/aromatic N) is 5. The van der Waals surface area contributed by atoms with Gasteiger partial charge in [0.25, 0.3) is 0 Å². The molecule has 0 saturated heterocycles. The van der Waals surface area contributed by atoms with Crippen molar-refractivity contribution in [2.24, 2.45) is 0 Å². The number of aromatic nitrogens is 4. The molecule has 25 heavy (non-hydrogen) atoms. The number of hydrogen-bond donors (Lipinski definition) is 1. The van der Waals surface area contributed by atoms with Crippen molar-refractivity contribution >= 4 is 11.7 Å². The van der Waals surface area contributed by atoms with Crippen molar-refractivity contribution in [1.29, 1.82) is 0 Å². The van der Waals surface area contributed by atoms with Gasteiger partial charge >= 0.3 is 12.0 Å². The second kappa shape index (κ2) is 7.43. The van der Waals surface area contributed by atoms with Crippen molar-refractivity contribution in [3.05, 3.63) is 60.2 Å². The first-order valence-electron chi connectivity index (χ1n) is 7.68. The molecule has 0 saturated carbocycles. The molecule has 8 nitrogen and oxygen atoms in total. The predicted octanol–water partition coefficient (Wildman–Crippen LogP) is 2.61. The Balaban J connectivity index is 1.60. The van der Waals surface area contributed by atoms with Crippen LogP contribution >= 0.6 is 0 Å². The van der Waals surface area contributed by atoms with E-state index >= 15 is 0 Å². The minimum Gasteiger partial charge on any atom is -0.422 e. The molecule has 0 radical (unpaired) electrons. The van der Waals surface area contributed by atoms with E-state index in [-0.39, 0.29) is 12.0 Å². The summed E-state index contributed by atoms with van der Waals surface area (Å²) in [5.41, 5.74) is 1.75. The highest BCUT2D eigenvalue weighted by Gasteiger charge is 2.07. The lowest BCUT2D eigenvalue weighted by atomic mass is 10.2. The maximum atomic E-state index is 11.6. The van der Waals surface area contributed by atoms with Gasteiger partial charge < -0.3 is 15.0 Å². The van der Waals surface area contributed by atoms with E-state index < -0.39 is 0 Å². The highest BCUT2D eigenvalue weighted by Crippen LogP contribution is 2.20. The zero-order valence-corrected chi connectivity index (χ0v) is 14.0. The second-order valence-corrected chi connectivity index (χ2v) is 5.54. The van der Waals surface area contributed by atoms with Gasteiger partial charge in [-0.2, -0.15) is 4.80 Å². The van der Waals surface area contributed by atoms with Gasteiger partial charge in [-0.1, -0.05) is 40.5 Å². The van der Waals surface area contributed by atoms with Gasteiger partial charge in [0.15, 0.2) is 0 Å². The van der Waals surface area contributed by atoms with Gasteiger partial charge in [0, 0.05) is 19.8 Å². The van der Waals surface area contributed by atoms with E-state index in [9.17, 15) is 4.79 Å². The number of tetrazole rings is 1. The lowest BCUT2D eigenvalue weighted by molar-refractivity contribution is 0.230. The first-order chi connectivity index (χ1) is 12.1. The molecule has 128 valence electrons. The summed E-state index contributed by atoms with van der Waals surface area (Å²) < 4.78 is 5.58. The van der Waals surface area contributed by atoms with Crippen LogP contribution in [-0.4, -0.2) is 45.2 Å². The molecule has 0 bridgehead atoms. The van der Waals surface area contributed by atoms with E-state index in [0.717, 1.165) is 5.56 Å². The van der Waals surface area contributed by atoms with Crippen LogP contribution in [0.15, 0.2) is 54.6 Å². The van der Waals surface area contributed by atoms with Gasteiger partial charge in [-0.15, -0.1) is 0 Å². The fourth-order valence-corrected chi connectivity index (χ4v) is 2.03. The molecule has 1 aromatic heterocycles. The Morgan fingerprint density at radius 1 is 1.12 bits per heavy atom. The van der Waals surface area contributed by atoms with Crippen molar-refractivity contribution in [2.45, 2.75) is 6.54 Å². The van der Waals surface area contributed by atoms with Crippen LogP contribution in [0.25, 0.3) is 0 Å². The molecule has 1 heterocycles. The second-order valence-electron chi connectivity index (χ2n) is 5.54. The zero-order chi connectivity index (χ0) is 17.6. The molecular formula is C17H18N6O2. The van der Waals surface area contributed by atoms with Gasteiger partial charge in [-0.05, 0) is 35.0 Å². The molecule has 0 aliphatic heterocycles. The minimum absolute atomic E-state index is 0.168. The molecule has 2 aromatic carbocycles. The third-order valence-electron chi connectivity index (χ3n) is 3.32. The number of carbonyl (C=O) groups is 1. The van der Waals surface area contributed by atoms with Crippen LogP contribution in [-0.2, 0) is 6.54 Å². The molecule has 0 aliphatic carbocycles. The Labute approximate surface area is 145 Å². The van der Waals surface area contributed by atoms with Gasteiger partial charge in [0.1, 0.15) is 5.75 Å². The molecule has 8 heteroatoms. The van der Waals surface area contributed by atoms with Gasteiger partial charge in [-0.3, -0.25) is 0 Å². The summed E-state index contributed by atoms with van der Waals surface area (Å²) in [5.74, 6) is 0.558. The number of benzene rings is 2. The number of rotatable bonds is 5. The van der Waals surface area contributed by atoms with E-state index in [1.54, 1.807) is 38.4 Å². The lowest BCUT2D eigenvalue weighted by Crippen LogP contribution is -2.27. The molecule has 0 spiro atoms. The van der Waals surface area contributed by atoms with E-state index in [1.807, 2.05) is 30.3 Å². The van der Waals surface area contributed by atoms with Gasteiger partial charge in [0.05, 0.1) is 6.54 Å². The molecule has 2 amide bonds. The van der Waals surface area contributed by atoms with Crippen molar-refractivity contribution in [3.63, 3.8) is 0 Å². The van der Waals surface area contributed by atoms with Crippen LogP contribution < -0.4 is 10.1 Å². The molecule has 0 unspecified atom stereocenters. The van der Waals surface area contributed by atoms with Crippen molar-refractivity contribution in [1.82, 2.24) is 25.1 Å². The predicted molar refractivity (Wildman–Crippen MR) is 92.6 cm³/mol. The third kappa shape index (κ3) is 4.54. The Hall–Kier alpha value is -3.42. The quantitative estimate of drug-likeness (QED) is 0.773. The summed E-state index contributed by atoms with van der Waals surface area (Å²) in [7, 11) is 3.36. The first-order valence-corrected chi connectivity index (χ1v) is 7.68. The Bertz CT molecular complexity index is 830. The number of urea groups is 1. The summed E-state index contributed by atoms with van der Waals surface area (Å²) in [6, 6.07) is 16.8.